The first-order valence-electron chi connectivity index (χ1n) is 6.77. The SMILES string of the molecule is CCC1CN(S(=O)(=O)c2cccc(CCl)c2C)CCO1. The Morgan fingerprint density at radius 1 is 1.45 bits per heavy atom. The van der Waals surface area contributed by atoms with Gasteiger partial charge >= 0.3 is 0 Å². The van der Waals surface area contributed by atoms with E-state index < -0.39 is 10.0 Å². The Morgan fingerprint density at radius 2 is 2.20 bits per heavy atom. The fourth-order valence-corrected chi connectivity index (χ4v) is 4.39. The van der Waals surface area contributed by atoms with E-state index in [0.29, 0.717) is 30.5 Å². The van der Waals surface area contributed by atoms with E-state index in [1.54, 1.807) is 12.1 Å². The van der Waals surface area contributed by atoms with E-state index in [1.807, 2.05) is 19.9 Å². The largest absolute Gasteiger partial charge is 0.375 e. The van der Waals surface area contributed by atoms with Crippen LogP contribution in [-0.4, -0.2) is 38.5 Å². The summed E-state index contributed by atoms with van der Waals surface area (Å²) in [5.41, 5.74) is 1.59. The van der Waals surface area contributed by atoms with Gasteiger partial charge in [-0.15, -0.1) is 11.6 Å². The third-order valence-corrected chi connectivity index (χ3v) is 6.01. The number of halogens is 1. The van der Waals surface area contributed by atoms with Crippen LogP contribution in [0.5, 0.6) is 0 Å². The van der Waals surface area contributed by atoms with Crippen LogP contribution >= 0.6 is 11.6 Å². The third-order valence-electron chi connectivity index (χ3n) is 3.71. The first-order chi connectivity index (χ1) is 9.50. The predicted molar refractivity (Wildman–Crippen MR) is 79.5 cm³/mol. The number of morpholine rings is 1. The highest BCUT2D eigenvalue weighted by atomic mass is 35.5. The molecular formula is C14H20ClNO3S. The number of rotatable bonds is 4. The Labute approximate surface area is 125 Å². The molecule has 1 atom stereocenters. The third kappa shape index (κ3) is 3.01. The second-order valence-electron chi connectivity index (χ2n) is 4.94. The molecular weight excluding hydrogens is 298 g/mol. The highest BCUT2D eigenvalue weighted by molar-refractivity contribution is 7.89. The van der Waals surface area contributed by atoms with Gasteiger partial charge in [0.05, 0.1) is 17.6 Å². The quantitative estimate of drug-likeness (QED) is 0.802. The molecule has 1 aliphatic heterocycles. The first kappa shape index (κ1) is 15.8. The average molecular weight is 318 g/mol. The molecule has 1 aromatic carbocycles. The number of hydrogen-bond acceptors (Lipinski definition) is 3. The zero-order valence-electron chi connectivity index (χ0n) is 11.8. The minimum absolute atomic E-state index is 0.0185. The monoisotopic (exact) mass is 317 g/mol. The summed E-state index contributed by atoms with van der Waals surface area (Å²) in [5, 5.41) is 0. The molecule has 1 unspecified atom stereocenters. The Hall–Kier alpha value is -0.620. The number of alkyl halides is 1. The van der Waals surface area contributed by atoms with Crippen molar-refractivity contribution in [2.45, 2.75) is 37.1 Å². The summed E-state index contributed by atoms with van der Waals surface area (Å²) >= 11 is 5.86. The number of hydrogen-bond donors (Lipinski definition) is 0. The minimum atomic E-state index is -3.47. The Kier molecular flexibility index (Phi) is 5.07. The number of ether oxygens (including phenoxy) is 1. The molecule has 1 fully saturated rings. The van der Waals surface area contributed by atoms with E-state index in [4.69, 9.17) is 16.3 Å². The minimum Gasteiger partial charge on any atom is -0.375 e. The van der Waals surface area contributed by atoms with Crippen LogP contribution in [0.25, 0.3) is 0 Å². The van der Waals surface area contributed by atoms with Gasteiger partial charge in [0.25, 0.3) is 0 Å². The summed E-state index contributed by atoms with van der Waals surface area (Å²) in [6.45, 7) is 5.08. The van der Waals surface area contributed by atoms with E-state index in [-0.39, 0.29) is 6.10 Å². The molecule has 0 aliphatic carbocycles. The summed E-state index contributed by atoms with van der Waals surface area (Å²) in [4.78, 5) is 0.354. The fourth-order valence-electron chi connectivity index (χ4n) is 2.38. The van der Waals surface area contributed by atoms with E-state index in [2.05, 4.69) is 0 Å². The standard InChI is InChI=1S/C14H20ClNO3S/c1-3-13-10-16(7-8-19-13)20(17,18)14-6-4-5-12(9-15)11(14)2/h4-6,13H,3,7-10H2,1-2H3. The van der Waals surface area contributed by atoms with Crippen molar-refractivity contribution in [3.05, 3.63) is 29.3 Å². The summed E-state index contributed by atoms with van der Waals surface area (Å²) in [6, 6.07) is 5.25. The van der Waals surface area contributed by atoms with Gasteiger partial charge < -0.3 is 4.74 Å². The van der Waals surface area contributed by atoms with Crippen LogP contribution in [0.15, 0.2) is 23.1 Å². The second-order valence-corrected chi connectivity index (χ2v) is 7.11. The molecule has 2 rings (SSSR count). The smallest absolute Gasteiger partial charge is 0.243 e. The maximum Gasteiger partial charge on any atom is 0.243 e. The second kappa shape index (κ2) is 6.43. The summed E-state index contributed by atoms with van der Waals surface area (Å²) in [7, 11) is -3.47. The van der Waals surface area contributed by atoms with Gasteiger partial charge in [-0.25, -0.2) is 8.42 Å². The van der Waals surface area contributed by atoms with Gasteiger partial charge in [0.1, 0.15) is 0 Å². The Bertz CT molecular complexity index is 574. The first-order valence-corrected chi connectivity index (χ1v) is 8.74. The molecule has 0 saturated carbocycles. The molecule has 0 aromatic heterocycles. The van der Waals surface area contributed by atoms with Crippen molar-refractivity contribution in [1.29, 1.82) is 0 Å². The highest BCUT2D eigenvalue weighted by Crippen LogP contribution is 2.25. The fraction of sp³-hybridized carbons (Fsp3) is 0.571. The lowest BCUT2D eigenvalue weighted by Crippen LogP contribution is -2.45. The van der Waals surface area contributed by atoms with Gasteiger partial charge in [-0.1, -0.05) is 19.1 Å². The van der Waals surface area contributed by atoms with Crippen LogP contribution in [0, 0.1) is 6.92 Å². The predicted octanol–water partition coefficient (Wildman–Crippen LogP) is 2.53. The Morgan fingerprint density at radius 3 is 2.85 bits per heavy atom. The molecule has 20 heavy (non-hydrogen) atoms. The average Bonchev–Trinajstić information content (AvgIpc) is 2.47. The van der Waals surface area contributed by atoms with Crippen molar-refractivity contribution in [2.24, 2.45) is 0 Å². The van der Waals surface area contributed by atoms with Gasteiger partial charge in [0, 0.05) is 19.0 Å². The maximum absolute atomic E-state index is 12.8. The van der Waals surface area contributed by atoms with E-state index >= 15 is 0 Å². The molecule has 0 amide bonds. The van der Waals surface area contributed by atoms with Crippen molar-refractivity contribution in [3.8, 4) is 0 Å². The lowest BCUT2D eigenvalue weighted by molar-refractivity contribution is -0.00278. The molecule has 1 aliphatic rings. The van der Waals surface area contributed by atoms with Crippen LogP contribution in [0.2, 0.25) is 0 Å². The van der Waals surface area contributed by atoms with Gasteiger partial charge in [0.15, 0.2) is 0 Å². The molecule has 1 saturated heterocycles. The van der Waals surface area contributed by atoms with Gasteiger partial charge in [-0.05, 0) is 30.5 Å². The summed E-state index contributed by atoms with van der Waals surface area (Å²) in [6.07, 6.45) is 0.794. The van der Waals surface area contributed by atoms with Crippen LogP contribution in [0.3, 0.4) is 0 Å². The molecule has 1 heterocycles. The highest BCUT2D eigenvalue weighted by Gasteiger charge is 2.31. The molecule has 0 N–H and O–H groups in total. The van der Waals surface area contributed by atoms with Crippen molar-refractivity contribution < 1.29 is 13.2 Å². The van der Waals surface area contributed by atoms with Crippen molar-refractivity contribution >= 4 is 21.6 Å². The molecule has 0 radical (unpaired) electrons. The topological polar surface area (TPSA) is 46.6 Å². The van der Waals surface area contributed by atoms with Crippen molar-refractivity contribution in [3.63, 3.8) is 0 Å². The molecule has 4 nitrogen and oxygen atoms in total. The lowest BCUT2D eigenvalue weighted by Gasteiger charge is -2.32. The van der Waals surface area contributed by atoms with Crippen molar-refractivity contribution in [2.75, 3.05) is 19.7 Å². The zero-order valence-corrected chi connectivity index (χ0v) is 13.4. The van der Waals surface area contributed by atoms with Crippen LogP contribution < -0.4 is 0 Å². The van der Waals surface area contributed by atoms with Gasteiger partial charge in [0.2, 0.25) is 10.0 Å². The van der Waals surface area contributed by atoms with E-state index in [1.165, 1.54) is 4.31 Å². The number of benzene rings is 1. The van der Waals surface area contributed by atoms with E-state index in [9.17, 15) is 8.42 Å². The number of sulfonamides is 1. The molecule has 1 aromatic rings. The van der Waals surface area contributed by atoms with Crippen LogP contribution in [0.4, 0.5) is 0 Å². The molecule has 112 valence electrons. The van der Waals surface area contributed by atoms with Crippen molar-refractivity contribution in [1.82, 2.24) is 4.31 Å². The molecule has 0 bridgehead atoms. The zero-order chi connectivity index (χ0) is 14.8. The van der Waals surface area contributed by atoms with E-state index in [0.717, 1.165) is 17.5 Å². The Balaban J connectivity index is 2.35. The maximum atomic E-state index is 12.8. The summed E-state index contributed by atoms with van der Waals surface area (Å²) < 4.78 is 32.6. The lowest BCUT2D eigenvalue weighted by atomic mass is 10.1. The normalized spacial score (nSPS) is 21.1. The number of nitrogens with zero attached hydrogens (tertiary/aromatic N) is 1. The van der Waals surface area contributed by atoms with Gasteiger partial charge in [-0.3, -0.25) is 0 Å². The summed E-state index contributed by atoms with van der Waals surface area (Å²) in [5.74, 6) is 0.315. The van der Waals surface area contributed by atoms with Gasteiger partial charge in [-0.2, -0.15) is 4.31 Å². The molecule has 0 spiro atoms. The van der Waals surface area contributed by atoms with Crippen LogP contribution in [-0.2, 0) is 20.6 Å². The molecule has 6 heteroatoms. The van der Waals surface area contributed by atoms with Crippen LogP contribution in [0.1, 0.15) is 24.5 Å².